The number of anilines is 1. The topological polar surface area (TPSA) is 81.4 Å². The Labute approximate surface area is 112 Å². The van der Waals surface area contributed by atoms with Gasteiger partial charge in [-0.3, -0.25) is 0 Å². The van der Waals surface area contributed by atoms with Crippen LogP contribution >= 0.6 is 0 Å². The zero-order valence-electron chi connectivity index (χ0n) is 10.6. The van der Waals surface area contributed by atoms with Gasteiger partial charge >= 0.3 is 0 Å². The highest BCUT2D eigenvalue weighted by Gasteiger charge is 2.34. The molecule has 0 atom stereocenters. The van der Waals surface area contributed by atoms with Gasteiger partial charge in [-0.05, 0) is 31.9 Å². The van der Waals surface area contributed by atoms with Crippen LogP contribution < -0.4 is 10.5 Å². The van der Waals surface area contributed by atoms with Gasteiger partial charge in [-0.25, -0.2) is 17.5 Å². The van der Waals surface area contributed by atoms with E-state index in [0.29, 0.717) is 19.4 Å². The smallest absolute Gasteiger partial charge is 0.245 e. The summed E-state index contributed by atoms with van der Waals surface area (Å²) >= 11 is 0. The van der Waals surface area contributed by atoms with Crippen LogP contribution in [-0.2, 0) is 14.8 Å². The fourth-order valence-electron chi connectivity index (χ4n) is 2.12. The van der Waals surface area contributed by atoms with E-state index in [-0.39, 0.29) is 17.8 Å². The molecule has 0 saturated heterocycles. The molecule has 19 heavy (non-hydrogen) atoms. The molecule has 1 aromatic rings. The first kappa shape index (κ1) is 14.2. The van der Waals surface area contributed by atoms with Crippen molar-refractivity contribution in [1.29, 1.82) is 0 Å². The van der Waals surface area contributed by atoms with Crippen molar-refractivity contribution in [1.82, 2.24) is 4.72 Å². The lowest BCUT2D eigenvalue weighted by molar-refractivity contribution is -0.00476. The number of hydrogen-bond acceptors (Lipinski definition) is 4. The number of sulfonamides is 1. The van der Waals surface area contributed by atoms with Crippen LogP contribution in [0.15, 0.2) is 23.1 Å². The van der Waals surface area contributed by atoms with Crippen LogP contribution in [0, 0.1) is 5.82 Å². The minimum absolute atomic E-state index is 0.0793. The molecule has 0 amide bonds. The van der Waals surface area contributed by atoms with Crippen LogP contribution in [0.25, 0.3) is 0 Å². The Morgan fingerprint density at radius 3 is 2.74 bits per heavy atom. The Kier molecular flexibility index (Phi) is 4.07. The molecule has 1 aliphatic rings. The lowest BCUT2D eigenvalue weighted by Crippen LogP contribution is -2.47. The second kappa shape index (κ2) is 5.44. The van der Waals surface area contributed by atoms with Gasteiger partial charge < -0.3 is 10.5 Å². The molecule has 0 bridgehead atoms. The molecule has 5 nitrogen and oxygen atoms in total. The molecule has 1 fully saturated rings. The van der Waals surface area contributed by atoms with Crippen molar-refractivity contribution in [3.63, 3.8) is 0 Å². The van der Waals surface area contributed by atoms with Gasteiger partial charge in [0.05, 0.1) is 11.8 Å². The molecule has 7 heteroatoms. The average molecular weight is 288 g/mol. The summed E-state index contributed by atoms with van der Waals surface area (Å²) in [6.45, 7) is 2.49. The molecule has 106 valence electrons. The maximum atomic E-state index is 13.6. The molecule has 0 aromatic heterocycles. The van der Waals surface area contributed by atoms with E-state index >= 15 is 0 Å². The van der Waals surface area contributed by atoms with Crippen molar-refractivity contribution in [2.75, 3.05) is 12.3 Å². The maximum Gasteiger partial charge on any atom is 0.245 e. The van der Waals surface area contributed by atoms with Gasteiger partial charge in [0, 0.05) is 12.6 Å². The van der Waals surface area contributed by atoms with E-state index in [2.05, 4.69) is 4.72 Å². The molecule has 0 aliphatic heterocycles. The van der Waals surface area contributed by atoms with E-state index in [9.17, 15) is 12.8 Å². The lowest BCUT2D eigenvalue weighted by atomic mass is 9.90. The molecule has 0 heterocycles. The van der Waals surface area contributed by atoms with Gasteiger partial charge in [-0.1, -0.05) is 6.07 Å². The van der Waals surface area contributed by atoms with Gasteiger partial charge in [0.25, 0.3) is 0 Å². The van der Waals surface area contributed by atoms with E-state index in [4.69, 9.17) is 10.5 Å². The van der Waals surface area contributed by atoms with Crippen LogP contribution in [0.1, 0.15) is 19.8 Å². The van der Waals surface area contributed by atoms with E-state index in [1.807, 2.05) is 6.92 Å². The number of benzene rings is 1. The summed E-state index contributed by atoms with van der Waals surface area (Å²) in [5.74, 6) is -0.840. The minimum Gasteiger partial charge on any atom is -0.398 e. The lowest BCUT2D eigenvalue weighted by Gasteiger charge is -2.35. The second-order valence-corrected chi connectivity index (χ2v) is 6.18. The summed E-state index contributed by atoms with van der Waals surface area (Å²) < 4.78 is 45.5. The highest BCUT2D eigenvalue weighted by molar-refractivity contribution is 7.89. The van der Waals surface area contributed by atoms with Crippen molar-refractivity contribution in [3.8, 4) is 0 Å². The third-order valence-corrected chi connectivity index (χ3v) is 4.70. The number of nitrogens with two attached hydrogens (primary N) is 1. The van der Waals surface area contributed by atoms with Crippen molar-refractivity contribution in [2.24, 2.45) is 0 Å². The average Bonchev–Trinajstić information content (AvgIpc) is 2.25. The normalized spacial score (nSPS) is 23.1. The number of nitrogens with one attached hydrogen (secondary N) is 1. The summed E-state index contributed by atoms with van der Waals surface area (Å²) in [5.41, 5.74) is 5.44. The Balaban J connectivity index is 2.08. The number of halogens is 1. The monoisotopic (exact) mass is 288 g/mol. The van der Waals surface area contributed by atoms with Crippen LogP contribution in [0.4, 0.5) is 10.1 Å². The Hall–Kier alpha value is -1.18. The highest BCUT2D eigenvalue weighted by Crippen LogP contribution is 2.27. The summed E-state index contributed by atoms with van der Waals surface area (Å²) in [4.78, 5) is -0.477. The Morgan fingerprint density at radius 1 is 1.47 bits per heavy atom. The standard InChI is InChI=1S/C12H17FN2O3S/c1-2-18-9-6-8(7-9)15-19(16,17)12-10(13)4-3-5-11(12)14/h3-5,8-9,15H,2,6-7,14H2,1H3. The summed E-state index contributed by atoms with van der Waals surface area (Å²) in [6, 6.07) is 3.59. The molecule has 2 rings (SSSR count). The first-order valence-electron chi connectivity index (χ1n) is 6.12. The highest BCUT2D eigenvalue weighted by atomic mass is 32.2. The zero-order chi connectivity index (χ0) is 14.0. The third kappa shape index (κ3) is 3.05. The Morgan fingerprint density at radius 2 is 2.16 bits per heavy atom. The maximum absolute atomic E-state index is 13.6. The van der Waals surface area contributed by atoms with E-state index in [1.54, 1.807) is 0 Å². The number of nitrogen functional groups attached to an aromatic ring is 1. The van der Waals surface area contributed by atoms with Crippen molar-refractivity contribution in [2.45, 2.75) is 36.8 Å². The van der Waals surface area contributed by atoms with Gasteiger partial charge in [-0.2, -0.15) is 0 Å². The van der Waals surface area contributed by atoms with Crippen molar-refractivity contribution >= 4 is 15.7 Å². The number of hydrogen-bond donors (Lipinski definition) is 2. The molecule has 0 unspecified atom stereocenters. The molecule has 1 aromatic carbocycles. The van der Waals surface area contributed by atoms with Gasteiger partial charge in [0.15, 0.2) is 0 Å². The molecule has 1 saturated carbocycles. The molecular weight excluding hydrogens is 271 g/mol. The minimum atomic E-state index is -3.93. The first-order valence-corrected chi connectivity index (χ1v) is 7.60. The SMILES string of the molecule is CCOC1CC(NS(=O)(=O)c2c(N)cccc2F)C1. The second-order valence-electron chi connectivity index (χ2n) is 4.53. The van der Waals surface area contributed by atoms with E-state index < -0.39 is 20.7 Å². The van der Waals surface area contributed by atoms with Crippen molar-refractivity contribution < 1.29 is 17.5 Å². The van der Waals surface area contributed by atoms with Crippen LogP contribution in [-0.4, -0.2) is 27.2 Å². The Bertz CT molecular complexity index is 536. The molecule has 0 radical (unpaired) electrons. The predicted octanol–water partition coefficient (Wildman–Crippen LogP) is 1.25. The summed E-state index contributed by atoms with van der Waals surface area (Å²) in [6.07, 6.45) is 1.28. The van der Waals surface area contributed by atoms with Crippen LogP contribution in [0.2, 0.25) is 0 Å². The van der Waals surface area contributed by atoms with E-state index in [0.717, 1.165) is 6.07 Å². The fraction of sp³-hybridized carbons (Fsp3) is 0.500. The number of rotatable bonds is 5. The molecular formula is C12H17FN2O3S. The zero-order valence-corrected chi connectivity index (χ0v) is 11.4. The fourth-order valence-corrected chi connectivity index (χ4v) is 3.57. The molecule has 1 aliphatic carbocycles. The summed E-state index contributed by atoms with van der Waals surface area (Å²) in [5, 5.41) is 0. The van der Waals surface area contributed by atoms with Crippen molar-refractivity contribution in [3.05, 3.63) is 24.0 Å². The molecule has 3 N–H and O–H groups in total. The molecule has 0 spiro atoms. The third-order valence-electron chi connectivity index (χ3n) is 3.09. The predicted molar refractivity (Wildman–Crippen MR) is 69.6 cm³/mol. The first-order chi connectivity index (χ1) is 8.94. The largest absolute Gasteiger partial charge is 0.398 e. The quantitative estimate of drug-likeness (QED) is 0.799. The van der Waals surface area contributed by atoms with Gasteiger partial charge in [-0.15, -0.1) is 0 Å². The van der Waals surface area contributed by atoms with Crippen LogP contribution in [0.3, 0.4) is 0 Å². The van der Waals surface area contributed by atoms with Crippen LogP contribution in [0.5, 0.6) is 0 Å². The van der Waals surface area contributed by atoms with Gasteiger partial charge in [0.2, 0.25) is 10.0 Å². The number of ether oxygens (including phenoxy) is 1. The summed E-state index contributed by atoms with van der Waals surface area (Å²) in [7, 11) is -3.93. The van der Waals surface area contributed by atoms with E-state index in [1.165, 1.54) is 12.1 Å². The van der Waals surface area contributed by atoms with Gasteiger partial charge in [0.1, 0.15) is 10.7 Å².